The second-order valence-electron chi connectivity index (χ2n) is 6.56. The molecule has 0 bridgehead atoms. The highest BCUT2D eigenvalue weighted by Crippen LogP contribution is 2.27. The standard InChI is InChI=1S/C20H18FN5O2S/c21-14-10-8-13(9-11-14)18-24-25-19(29-18)23-17(27)16-7-4-12-26(16)20(28)22-15-5-2-1-3-6-15/h1-3,5-6,8-11,16H,4,7,12H2,(H,22,28)(H,23,25,27). The molecule has 2 aromatic carbocycles. The number of para-hydroxylation sites is 1. The van der Waals surface area contributed by atoms with Gasteiger partial charge in [-0.05, 0) is 49.2 Å². The van der Waals surface area contributed by atoms with E-state index < -0.39 is 6.04 Å². The van der Waals surface area contributed by atoms with Crippen molar-refractivity contribution in [2.24, 2.45) is 0 Å². The molecule has 0 spiro atoms. The molecule has 3 aromatic rings. The number of carbonyl (C=O) groups excluding carboxylic acids is 2. The van der Waals surface area contributed by atoms with Gasteiger partial charge in [-0.3, -0.25) is 10.1 Å². The van der Waals surface area contributed by atoms with Crippen molar-refractivity contribution in [3.63, 3.8) is 0 Å². The fourth-order valence-electron chi connectivity index (χ4n) is 3.17. The number of hydrogen-bond donors (Lipinski definition) is 2. The van der Waals surface area contributed by atoms with Crippen molar-refractivity contribution in [2.45, 2.75) is 18.9 Å². The number of aromatic nitrogens is 2. The van der Waals surface area contributed by atoms with Gasteiger partial charge in [0, 0.05) is 17.8 Å². The predicted octanol–water partition coefficient (Wildman–Crippen LogP) is 3.98. The summed E-state index contributed by atoms with van der Waals surface area (Å²) in [6.07, 6.45) is 1.33. The number of likely N-dealkylation sites (tertiary alicyclic amines) is 1. The number of urea groups is 1. The number of rotatable bonds is 4. The molecular formula is C20H18FN5O2S. The summed E-state index contributed by atoms with van der Waals surface area (Å²) in [4.78, 5) is 26.8. The lowest BCUT2D eigenvalue weighted by Crippen LogP contribution is -2.45. The lowest BCUT2D eigenvalue weighted by atomic mass is 10.2. The molecule has 0 radical (unpaired) electrons. The molecule has 2 N–H and O–H groups in total. The highest BCUT2D eigenvalue weighted by atomic mass is 32.1. The van der Waals surface area contributed by atoms with Crippen molar-refractivity contribution in [2.75, 3.05) is 17.2 Å². The second kappa shape index (κ2) is 8.36. The molecule has 1 aliphatic heterocycles. The lowest BCUT2D eigenvalue weighted by molar-refractivity contribution is -0.119. The summed E-state index contributed by atoms with van der Waals surface area (Å²) in [6, 6.07) is 14.1. The van der Waals surface area contributed by atoms with Gasteiger partial charge in [0.25, 0.3) is 0 Å². The van der Waals surface area contributed by atoms with Crippen LogP contribution in [0.3, 0.4) is 0 Å². The molecule has 0 aliphatic carbocycles. The molecule has 4 rings (SSSR count). The van der Waals surface area contributed by atoms with Crippen molar-refractivity contribution >= 4 is 34.1 Å². The Bertz CT molecular complexity index is 1010. The number of halogens is 1. The van der Waals surface area contributed by atoms with E-state index in [2.05, 4.69) is 20.8 Å². The van der Waals surface area contributed by atoms with Gasteiger partial charge < -0.3 is 10.2 Å². The first-order valence-corrected chi connectivity index (χ1v) is 9.95. The zero-order valence-corrected chi connectivity index (χ0v) is 16.2. The summed E-state index contributed by atoms with van der Waals surface area (Å²) >= 11 is 1.20. The molecule has 7 nitrogen and oxygen atoms in total. The van der Waals surface area contributed by atoms with Gasteiger partial charge in [0.05, 0.1) is 0 Å². The maximum absolute atomic E-state index is 13.1. The Morgan fingerprint density at radius 1 is 1.03 bits per heavy atom. The minimum absolute atomic E-state index is 0.299. The van der Waals surface area contributed by atoms with Crippen molar-refractivity contribution in [3.8, 4) is 10.6 Å². The molecule has 9 heteroatoms. The largest absolute Gasteiger partial charge is 0.322 e. The average molecular weight is 411 g/mol. The summed E-state index contributed by atoms with van der Waals surface area (Å²) in [5.74, 6) is -0.630. The molecular weight excluding hydrogens is 393 g/mol. The fraction of sp³-hybridized carbons (Fsp3) is 0.200. The van der Waals surface area contributed by atoms with E-state index in [1.165, 1.54) is 28.4 Å². The van der Waals surface area contributed by atoms with E-state index >= 15 is 0 Å². The predicted molar refractivity (Wildman–Crippen MR) is 109 cm³/mol. The molecule has 3 amide bonds. The molecule has 1 fully saturated rings. The smallest absolute Gasteiger partial charge is 0.312 e. The third-order valence-corrected chi connectivity index (χ3v) is 5.48. The number of nitrogens with zero attached hydrogens (tertiary/aromatic N) is 3. The van der Waals surface area contributed by atoms with Crippen LogP contribution in [0.15, 0.2) is 54.6 Å². The maximum Gasteiger partial charge on any atom is 0.322 e. The number of benzene rings is 2. The van der Waals surface area contributed by atoms with E-state index in [0.29, 0.717) is 34.4 Å². The van der Waals surface area contributed by atoms with Gasteiger partial charge in [-0.1, -0.05) is 29.5 Å². The molecule has 29 heavy (non-hydrogen) atoms. The van der Waals surface area contributed by atoms with Crippen LogP contribution in [0, 0.1) is 5.82 Å². The van der Waals surface area contributed by atoms with Gasteiger partial charge >= 0.3 is 6.03 Å². The molecule has 1 unspecified atom stereocenters. The van der Waals surface area contributed by atoms with Crippen molar-refractivity contribution < 1.29 is 14.0 Å². The number of amides is 3. The third-order valence-electron chi connectivity index (χ3n) is 4.59. The van der Waals surface area contributed by atoms with E-state index in [9.17, 15) is 14.0 Å². The van der Waals surface area contributed by atoms with Crippen LogP contribution < -0.4 is 10.6 Å². The molecule has 1 atom stereocenters. The number of nitrogens with one attached hydrogen (secondary N) is 2. The molecule has 148 valence electrons. The summed E-state index contributed by atoms with van der Waals surface area (Å²) in [5.41, 5.74) is 1.39. The van der Waals surface area contributed by atoms with Crippen LogP contribution >= 0.6 is 11.3 Å². The molecule has 2 heterocycles. The van der Waals surface area contributed by atoms with Gasteiger partial charge in [0.15, 0.2) is 0 Å². The monoisotopic (exact) mass is 411 g/mol. The first kappa shape index (κ1) is 19.0. The Kier molecular flexibility index (Phi) is 5.48. The van der Waals surface area contributed by atoms with Crippen LogP contribution in [0.1, 0.15) is 12.8 Å². The van der Waals surface area contributed by atoms with Crippen molar-refractivity contribution in [3.05, 3.63) is 60.4 Å². The van der Waals surface area contributed by atoms with E-state index in [1.807, 2.05) is 18.2 Å². The molecule has 1 saturated heterocycles. The minimum Gasteiger partial charge on any atom is -0.312 e. The third kappa shape index (κ3) is 4.40. The van der Waals surface area contributed by atoms with Crippen molar-refractivity contribution in [1.82, 2.24) is 15.1 Å². The fourth-order valence-corrected chi connectivity index (χ4v) is 3.92. The van der Waals surface area contributed by atoms with Gasteiger partial charge in [0.2, 0.25) is 11.0 Å². The van der Waals surface area contributed by atoms with Gasteiger partial charge in [0.1, 0.15) is 16.9 Å². The second-order valence-corrected chi connectivity index (χ2v) is 7.53. The summed E-state index contributed by atoms with van der Waals surface area (Å²) in [6.45, 7) is 0.508. The summed E-state index contributed by atoms with van der Waals surface area (Å²) in [7, 11) is 0. The van der Waals surface area contributed by atoms with E-state index in [1.54, 1.807) is 24.3 Å². The Morgan fingerprint density at radius 2 is 1.79 bits per heavy atom. The zero-order valence-electron chi connectivity index (χ0n) is 15.3. The minimum atomic E-state index is -0.572. The summed E-state index contributed by atoms with van der Waals surface area (Å²) < 4.78 is 13.1. The highest BCUT2D eigenvalue weighted by Gasteiger charge is 2.34. The maximum atomic E-state index is 13.1. The Balaban J connectivity index is 1.41. The van der Waals surface area contributed by atoms with Crippen LogP contribution in [-0.2, 0) is 4.79 Å². The van der Waals surface area contributed by atoms with Crippen molar-refractivity contribution in [1.29, 1.82) is 0 Å². The topological polar surface area (TPSA) is 87.2 Å². The van der Waals surface area contributed by atoms with Crippen LogP contribution in [-0.4, -0.2) is 39.6 Å². The van der Waals surface area contributed by atoms with Gasteiger partial charge in [-0.25, -0.2) is 9.18 Å². The Labute approximate surface area is 170 Å². The van der Waals surface area contributed by atoms with Crippen LogP contribution in [0.4, 0.5) is 20.0 Å². The normalized spacial score (nSPS) is 15.9. The van der Waals surface area contributed by atoms with E-state index in [-0.39, 0.29) is 17.8 Å². The van der Waals surface area contributed by atoms with Gasteiger partial charge in [-0.15, -0.1) is 10.2 Å². The quantitative estimate of drug-likeness (QED) is 0.680. The average Bonchev–Trinajstić information content (AvgIpc) is 3.39. The number of hydrogen-bond acceptors (Lipinski definition) is 5. The SMILES string of the molecule is O=C(Nc1nnc(-c2ccc(F)cc2)s1)C1CCCN1C(=O)Nc1ccccc1. The van der Waals surface area contributed by atoms with Crippen LogP contribution in [0.5, 0.6) is 0 Å². The molecule has 0 saturated carbocycles. The molecule has 1 aromatic heterocycles. The van der Waals surface area contributed by atoms with E-state index in [4.69, 9.17) is 0 Å². The van der Waals surface area contributed by atoms with Crippen LogP contribution in [0.2, 0.25) is 0 Å². The Morgan fingerprint density at radius 3 is 2.55 bits per heavy atom. The number of carbonyl (C=O) groups is 2. The first-order valence-electron chi connectivity index (χ1n) is 9.13. The number of anilines is 2. The van der Waals surface area contributed by atoms with Crippen LogP contribution in [0.25, 0.3) is 10.6 Å². The molecule has 1 aliphatic rings. The van der Waals surface area contributed by atoms with Gasteiger partial charge in [-0.2, -0.15) is 0 Å². The summed E-state index contributed by atoms with van der Waals surface area (Å²) in [5, 5.41) is 14.5. The zero-order chi connectivity index (χ0) is 20.2. The lowest BCUT2D eigenvalue weighted by Gasteiger charge is -2.23. The first-order chi connectivity index (χ1) is 14.1. The van der Waals surface area contributed by atoms with E-state index in [0.717, 1.165) is 6.42 Å². The highest BCUT2D eigenvalue weighted by molar-refractivity contribution is 7.18. The Hall–Kier alpha value is -3.33.